The van der Waals surface area contributed by atoms with Gasteiger partial charge in [0.2, 0.25) is 0 Å². The molecule has 3 nitrogen and oxygen atoms in total. The lowest BCUT2D eigenvalue weighted by atomic mass is 10.2. The van der Waals surface area contributed by atoms with E-state index in [4.69, 9.17) is 0 Å². The number of rotatable bonds is 6. The molecule has 0 saturated carbocycles. The van der Waals surface area contributed by atoms with Crippen molar-refractivity contribution in [1.82, 2.24) is 0 Å². The van der Waals surface area contributed by atoms with E-state index in [2.05, 4.69) is 29.6 Å². The summed E-state index contributed by atoms with van der Waals surface area (Å²) in [5, 5.41) is 2.92. The second-order valence-electron chi connectivity index (χ2n) is 5.57. The number of amides is 1. The van der Waals surface area contributed by atoms with Gasteiger partial charge in [0.05, 0.1) is 13.6 Å². The number of nitrogens with one attached hydrogen (secondary N) is 2. The second-order valence-corrected chi connectivity index (χ2v) is 5.57. The Morgan fingerprint density at radius 2 is 1.77 bits per heavy atom. The van der Waals surface area contributed by atoms with Crippen LogP contribution in [0.2, 0.25) is 0 Å². The summed E-state index contributed by atoms with van der Waals surface area (Å²) in [4.78, 5) is 13.1. The van der Waals surface area contributed by atoms with Crippen LogP contribution in [0, 0.1) is 6.92 Å². The molecule has 1 atom stereocenters. The minimum absolute atomic E-state index is 0.0365. The highest BCUT2D eigenvalue weighted by Gasteiger charge is 2.08. The predicted octanol–water partition coefficient (Wildman–Crippen LogP) is 2.16. The zero-order valence-electron chi connectivity index (χ0n) is 13.2. The molecule has 22 heavy (non-hydrogen) atoms. The summed E-state index contributed by atoms with van der Waals surface area (Å²) in [5.41, 5.74) is 3.22. The Kier molecular flexibility index (Phi) is 5.92. The summed E-state index contributed by atoms with van der Waals surface area (Å²) in [6.45, 7) is 3.30. The molecule has 0 aliphatic rings. The maximum absolute atomic E-state index is 12.0. The van der Waals surface area contributed by atoms with Gasteiger partial charge in [-0.25, -0.2) is 0 Å². The molecule has 2 N–H and O–H groups in total. The van der Waals surface area contributed by atoms with Crippen LogP contribution >= 0.6 is 0 Å². The molecule has 2 rings (SSSR count). The fourth-order valence-electron chi connectivity index (χ4n) is 2.15. The molecule has 0 heterocycles. The average molecular weight is 295 g/mol. The van der Waals surface area contributed by atoms with Crippen molar-refractivity contribution in [2.75, 3.05) is 25.5 Å². The second kappa shape index (κ2) is 8.15. The highest BCUT2D eigenvalue weighted by atomic mass is 16.2. The fraction of sp³-hybridized carbons (Fsp3) is 0.211. The normalized spacial score (nSPS) is 12.3. The average Bonchev–Trinajstić information content (AvgIpc) is 2.50. The SMILES string of the molecule is Cc1ccc(NC(=O)C[NH+](C)C/C=C/c2ccccc2)cc1. The molecule has 2 aromatic rings. The summed E-state index contributed by atoms with van der Waals surface area (Å²) in [5.74, 6) is 0.0365. The molecule has 0 fully saturated rings. The van der Waals surface area contributed by atoms with Gasteiger partial charge in [-0.2, -0.15) is 0 Å². The first-order chi connectivity index (χ1) is 10.6. The molecule has 3 heteroatoms. The number of likely N-dealkylation sites (N-methyl/N-ethyl adjacent to an activating group) is 1. The van der Waals surface area contributed by atoms with Gasteiger partial charge in [0.1, 0.15) is 0 Å². The lowest BCUT2D eigenvalue weighted by Crippen LogP contribution is -3.09. The third-order valence-electron chi connectivity index (χ3n) is 3.37. The Labute approximate surface area is 132 Å². The minimum atomic E-state index is 0.0365. The number of carbonyl (C=O) groups is 1. The van der Waals surface area contributed by atoms with Gasteiger partial charge in [0, 0.05) is 5.69 Å². The Balaban J connectivity index is 1.76. The van der Waals surface area contributed by atoms with E-state index in [1.54, 1.807) is 0 Å². The van der Waals surface area contributed by atoms with E-state index < -0.39 is 0 Å². The van der Waals surface area contributed by atoms with Crippen LogP contribution < -0.4 is 10.2 Å². The molecule has 0 aliphatic carbocycles. The molecule has 1 amide bonds. The number of quaternary nitrogens is 1. The Bertz CT molecular complexity index is 618. The number of hydrogen-bond donors (Lipinski definition) is 2. The first-order valence-corrected chi connectivity index (χ1v) is 7.53. The van der Waals surface area contributed by atoms with E-state index in [9.17, 15) is 4.79 Å². The minimum Gasteiger partial charge on any atom is -0.326 e. The molecule has 0 radical (unpaired) electrons. The van der Waals surface area contributed by atoms with Crippen LogP contribution in [0.25, 0.3) is 6.08 Å². The van der Waals surface area contributed by atoms with E-state index >= 15 is 0 Å². The van der Waals surface area contributed by atoms with Gasteiger partial charge in [-0.05, 0) is 30.7 Å². The number of anilines is 1. The highest BCUT2D eigenvalue weighted by Crippen LogP contribution is 2.07. The Morgan fingerprint density at radius 3 is 2.45 bits per heavy atom. The smallest absolute Gasteiger partial charge is 0.279 e. The quantitative estimate of drug-likeness (QED) is 0.841. The Hall–Kier alpha value is -2.39. The highest BCUT2D eigenvalue weighted by molar-refractivity contribution is 5.91. The van der Waals surface area contributed by atoms with Crippen molar-refractivity contribution < 1.29 is 9.69 Å². The van der Waals surface area contributed by atoms with Crippen LogP contribution in [0.15, 0.2) is 60.7 Å². The molecular formula is C19H23N2O+. The van der Waals surface area contributed by atoms with Crippen molar-refractivity contribution in [1.29, 1.82) is 0 Å². The number of aryl methyl sites for hydroxylation is 1. The van der Waals surface area contributed by atoms with Crippen molar-refractivity contribution >= 4 is 17.7 Å². The van der Waals surface area contributed by atoms with Crippen LogP contribution in [0.3, 0.4) is 0 Å². The first-order valence-electron chi connectivity index (χ1n) is 7.53. The van der Waals surface area contributed by atoms with E-state index in [0.29, 0.717) is 6.54 Å². The van der Waals surface area contributed by atoms with Crippen LogP contribution in [0.5, 0.6) is 0 Å². The van der Waals surface area contributed by atoms with Crippen molar-refractivity contribution in [3.63, 3.8) is 0 Å². The molecule has 2 aromatic carbocycles. The van der Waals surface area contributed by atoms with Gasteiger partial charge in [-0.3, -0.25) is 4.79 Å². The summed E-state index contributed by atoms with van der Waals surface area (Å²) >= 11 is 0. The van der Waals surface area contributed by atoms with Crippen molar-refractivity contribution in [2.45, 2.75) is 6.92 Å². The Morgan fingerprint density at radius 1 is 1.09 bits per heavy atom. The fourth-order valence-corrected chi connectivity index (χ4v) is 2.15. The number of hydrogen-bond acceptors (Lipinski definition) is 1. The van der Waals surface area contributed by atoms with E-state index in [1.165, 1.54) is 11.1 Å². The van der Waals surface area contributed by atoms with Gasteiger partial charge < -0.3 is 10.2 Å². The summed E-state index contributed by atoms with van der Waals surface area (Å²) < 4.78 is 0. The van der Waals surface area contributed by atoms with Gasteiger partial charge in [-0.15, -0.1) is 0 Å². The van der Waals surface area contributed by atoms with Crippen molar-refractivity contribution in [3.05, 3.63) is 71.8 Å². The standard InChI is InChI=1S/C19H22N2O/c1-16-10-12-18(13-11-16)20-19(22)15-21(2)14-6-9-17-7-4-3-5-8-17/h3-13H,14-15H2,1-2H3,(H,20,22)/p+1/b9-6+. The molecule has 0 aromatic heterocycles. The predicted molar refractivity (Wildman–Crippen MR) is 91.9 cm³/mol. The van der Waals surface area contributed by atoms with Gasteiger partial charge in [-0.1, -0.05) is 54.1 Å². The number of benzene rings is 2. The lowest BCUT2D eigenvalue weighted by Gasteiger charge is -2.12. The maximum Gasteiger partial charge on any atom is 0.279 e. The largest absolute Gasteiger partial charge is 0.326 e. The maximum atomic E-state index is 12.0. The monoisotopic (exact) mass is 295 g/mol. The van der Waals surface area contributed by atoms with Gasteiger partial charge >= 0.3 is 0 Å². The van der Waals surface area contributed by atoms with Crippen LogP contribution in [-0.2, 0) is 4.79 Å². The molecule has 0 spiro atoms. The van der Waals surface area contributed by atoms with Crippen molar-refractivity contribution in [3.8, 4) is 0 Å². The third-order valence-corrected chi connectivity index (χ3v) is 3.37. The van der Waals surface area contributed by atoms with Crippen LogP contribution in [0.4, 0.5) is 5.69 Å². The van der Waals surface area contributed by atoms with E-state index in [0.717, 1.165) is 17.1 Å². The van der Waals surface area contributed by atoms with Gasteiger partial charge in [0.25, 0.3) is 5.91 Å². The number of carbonyl (C=O) groups excluding carboxylic acids is 1. The molecule has 0 bridgehead atoms. The van der Waals surface area contributed by atoms with E-state index in [1.807, 2.05) is 56.4 Å². The van der Waals surface area contributed by atoms with E-state index in [-0.39, 0.29) is 5.91 Å². The van der Waals surface area contributed by atoms with Crippen LogP contribution in [0.1, 0.15) is 11.1 Å². The molecule has 1 unspecified atom stereocenters. The molecular weight excluding hydrogens is 272 g/mol. The molecule has 114 valence electrons. The van der Waals surface area contributed by atoms with Crippen molar-refractivity contribution in [2.24, 2.45) is 0 Å². The first kappa shape index (κ1) is 16.0. The van der Waals surface area contributed by atoms with Gasteiger partial charge in [0.15, 0.2) is 6.54 Å². The van der Waals surface area contributed by atoms with Crippen LogP contribution in [-0.4, -0.2) is 26.0 Å². The molecule has 0 saturated heterocycles. The lowest BCUT2D eigenvalue weighted by molar-refractivity contribution is -0.864. The topological polar surface area (TPSA) is 33.5 Å². The summed E-state index contributed by atoms with van der Waals surface area (Å²) in [6, 6.07) is 18.0. The summed E-state index contributed by atoms with van der Waals surface area (Å²) in [7, 11) is 2.02. The zero-order valence-corrected chi connectivity index (χ0v) is 13.2. The third kappa shape index (κ3) is 5.54. The summed E-state index contributed by atoms with van der Waals surface area (Å²) in [6.07, 6.45) is 4.19. The zero-order chi connectivity index (χ0) is 15.8. The molecule has 0 aliphatic heterocycles.